The first-order chi connectivity index (χ1) is 14.8. The number of benzene rings is 3. The highest BCUT2D eigenvalue weighted by Gasteiger charge is 2.17. The summed E-state index contributed by atoms with van der Waals surface area (Å²) in [7, 11) is -3.83. The summed E-state index contributed by atoms with van der Waals surface area (Å²) in [6.07, 6.45) is 0. The van der Waals surface area contributed by atoms with E-state index in [9.17, 15) is 22.4 Å². The van der Waals surface area contributed by atoms with E-state index in [1.54, 1.807) is 36.4 Å². The SMILES string of the molecule is CC(=O)c1ccc(SCC(=O)Nc2ccccc2NS(=O)(=O)c2ccccc2)c(F)c1. The van der Waals surface area contributed by atoms with Gasteiger partial charge in [0.25, 0.3) is 10.0 Å². The summed E-state index contributed by atoms with van der Waals surface area (Å²) in [6, 6.07) is 18.3. The number of thioether (sulfide) groups is 1. The van der Waals surface area contributed by atoms with E-state index in [-0.39, 0.29) is 38.3 Å². The predicted octanol–water partition coefficient (Wildman–Crippen LogP) is 4.56. The molecule has 0 saturated heterocycles. The Hall–Kier alpha value is -3.17. The molecule has 0 spiro atoms. The highest BCUT2D eigenvalue weighted by molar-refractivity contribution is 8.00. The van der Waals surface area contributed by atoms with Gasteiger partial charge in [0.05, 0.1) is 22.0 Å². The van der Waals surface area contributed by atoms with E-state index >= 15 is 0 Å². The van der Waals surface area contributed by atoms with E-state index in [0.717, 1.165) is 17.8 Å². The minimum Gasteiger partial charge on any atom is -0.324 e. The molecule has 3 aromatic rings. The van der Waals surface area contributed by atoms with Crippen molar-refractivity contribution >= 4 is 44.9 Å². The Kier molecular flexibility index (Phi) is 7.09. The first kappa shape index (κ1) is 22.5. The second-order valence-corrected chi connectivity index (χ2v) is 9.20. The zero-order valence-corrected chi connectivity index (χ0v) is 18.1. The molecule has 0 unspecified atom stereocenters. The molecule has 0 fully saturated rings. The third-order valence-corrected chi connectivity index (χ3v) is 6.63. The standard InChI is InChI=1S/C22H19FN2O4S2/c1-15(26)16-11-12-21(18(23)13-16)30-14-22(27)24-19-9-5-6-10-20(19)25-31(28,29)17-7-3-2-4-8-17/h2-13,25H,14H2,1H3,(H,24,27). The molecule has 3 rings (SSSR count). The maximum Gasteiger partial charge on any atom is 0.261 e. The molecule has 31 heavy (non-hydrogen) atoms. The number of hydrogen-bond donors (Lipinski definition) is 2. The molecule has 0 heterocycles. The maximum absolute atomic E-state index is 14.1. The molecule has 0 aliphatic carbocycles. The van der Waals surface area contributed by atoms with Gasteiger partial charge in [-0.3, -0.25) is 14.3 Å². The summed E-state index contributed by atoms with van der Waals surface area (Å²) in [6.45, 7) is 1.35. The van der Waals surface area contributed by atoms with Gasteiger partial charge in [-0.2, -0.15) is 0 Å². The molecule has 0 aromatic heterocycles. The second-order valence-electron chi connectivity index (χ2n) is 6.50. The van der Waals surface area contributed by atoms with Gasteiger partial charge >= 0.3 is 0 Å². The lowest BCUT2D eigenvalue weighted by Crippen LogP contribution is -2.18. The molecule has 3 aromatic carbocycles. The number of rotatable bonds is 8. The van der Waals surface area contributed by atoms with Gasteiger partial charge in [-0.15, -0.1) is 11.8 Å². The molecule has 0 bridgehead atoms. The van der Waals surface area contributed by atoms with E-state index < -0.39 is 21.7 Å². The van der Waals surface area contributed by atoms with Crippen molar-refractivity contribution in [2.45, 2.75) is 16.7 Å². The number of ketones is 1. The van der Waals surface area contributed by atoms with Crippen LogP contribution in [0.2, 0.25) is 0 Å². The van der Waals surface area contributed by atoms with Crippen LogP contribution in [0.1, 0.15) is 17.3 Å². The van der Waals surface area contributed by atoms with Crippen LogP contribution in [0.15, 0.2) is 82.6 Å². The van der Waals surface area contributed by atoms with Crippen LogP contribution in [0.4, 0.5) is 15.8 Å². The number of para-hydroxylation sites is 2. The fourth-order valence-corrected chi connectivity index (χ4v) is 4.47. The van der Waals surface area contributed by atoms with Crippen LogP contribution in [0.25, 0.3) is 0 Å². The zero-order valence-electron chi connectivity index (χ0n) is 16.5. The molecular weight excluding hydrogens is 439 g/mol. The monoisotopic (exact) mass is 458 g/mol. The molecule has 160 valence electrons. The predicted molar refractivity (Wildman–Crippen MR) is 119 cm³/mol. The van der Waals surface area contributed by atoms with Crippen LogP contribution in [0, 0.1) is 5.82 Å². The molecular formula is C22H19FN2O4S2. The Bertz CT molecular complexity index is 1220. The third-order valence-electron chi connectivity index (χ3n) is 4.20. The molecule has 0 saturated carbocycles. The summed E-state index contributed by atoms with van der Waals surface area (Å²) < 4.78 is 41.7. The smallest absolute Gasteiger partial charge is 0.261 e. The number of carbonyl (C=O) groups is 2. The molecule has 0 radical (unpaired) electrons. The number of carbonyl (C=O) groups excluding carboxylic acids is 2. The Morgan fingerprint density at radius 1 is 0.935 bits per heavy atom. The lowest BCUT2D eigenvalue weighted by molar-refractivity contribution is -0.113. The van der Waals surface area contributed by atoms with Crippen molar-refractivity contribution < 1.29 is 22.4 Å². The molecule has 1 amide bonds. The van der Waals surface area contributed by atoms with Crippen molar-refractivity contribution in [1.29, 1.82) is 0 Å². The number of nitrogens with one attached hydrogen (secondary N) is 2. The van der Waals surface area contributed by atoms with Gasteiger partial charge in [0, 0.05) is 10.5 Å². The average molecular weight is 459 g/mol. The number of hydrogen-bond acceptors (Lipinski definition) is 5. The summed E-state index contributed by atoms with van der Waals surface area (Å²) >= 11 is 0.974. The van der Waals surface area contributed by atoms with E-state index in [1.165, 1.54) is 37.3 Å². The summed E-state index contributed by atoms with van der Waals surface area (Å²) in [4.78, 5) is 24.0. The molecule has 6 nitrogen and oxygen atoms in total. The number of sulfonamides is 1. The van der Waals surface area contributed by atoms with E-state index in [1.807, 2.05) is 0 Å². The minimum atomic E-state index is -3.83. The number of anilines is 2. The van der Waals surface area contributed by atoms with Gasteiger partial charge in [0.15, 0.2) is 5.78 Å². The van der Waals surface area contributed by atoms with Crippen LogP contribution in [0.3, 0.4) is 0 Å². The van der Waals surface area contributed by atoms with Crippen molar-refractivity contribution in [1.82, 2.24) is 0 Å². The van der Waals surface area contributed by atoms with E-state index in [2.05, 4.69) is 10.0 Å². The van der Waals surface area contributed by atoms with Gasteiger partial charge in [0.2, 0.25) is 5.91 Å². The first-order valence-corrected chi connectivity index (χ1v) is 11.6. The largest absolute Gasteiger partial charge is 0.324 e. The normalized spacial score (nSPS) is 11.0. The van der Waals surface area contributed by atoms with Crippen LogP contribution >= 0.6 is 11.8 Å². The van der Waals surface area contributed by atoms with E-state index in [0.29, 0.717) is 0 Å². The number of halogens is 1. The lowest BCUT2D eigenvalue weighted by Gasteiger charge is -2.13. The van der Waals surface area contributed by atoms with Gasteiger partial charge in [-0.05, 0) is 43.3 Å². The average Bonchev–Trinajstić information content (AvgIpc) is 2.74. The molecule has 9 heteroatoms. The summed E-state index contributed by atoms with van der Waals surface area (Å²) in [5, 5.41) is 2.64. The van der Waals surface area contributed by atoms with E-state index in [4.69, 9.17) is 0 Å². The lowest BCUT2D eigenvalue weighted by atomic mass is 10.1. The highest BCUT2D eigenvalue weighted by atomic mass is 32.2. The van der Waals surface area contributed by atoms with Crippen molar-refractivity contribution in [3.63, 3.8) is 0 Å². The van der Waals surface area contributed by atoms with Gasteiger partial charge in [-0.25, -0.2) is 12.8 Å². The molecule has 0 aliphatic heterocycles. The Balaban J connectivity index is 1.68. The van der Waals surface area contributed by atoms with Crippen LogP contribution < -0.4 is 10.0 Å². The second kappa shape index (κ2) is 9.76. The quantitative estimate of drug-likeness (QED) is 0.381. The van der Waals surface area contributed by atoms with Gasteiger partial charge < -0.3 is 5.32 Å². The molecule has 0 atom stereocenters. The third kappa shape index (κ3) is 5.93. The summed E-state index contributed by atoms with van der Waals surface area (Å²) in [5.41, 5.74) is 0.743. The zero-order chi connectivity index (χ0) is 22.4. The maximum atomic E-state index is 14.1. The Morgan fingerprint density at radius 2 is 1.58 bits per heavy atom. The van der Waals surface area contributed by atoms with Crippen molar-refractivity contribution in [3.05, 3.63) is 84.2 Å². The molecule has 2 N–H and O–H groups in total. The minimum absolute atomic E-state index is 0.0937. The van der Waals surface area contributed by atoms with Gasteiger partial charge in [0.1, 0.15) is 5.82 Å². The fraction of sp³-hybridized carbons (Fsp3) is 0.0909. The fourth-order valence-electron chi connectivity index (χ4n) is 2.65. The van der Waals surface area contributed by atoms with Crippen LogP contribution in [-0.2, 0) is 14.8 Å². The summed E-state index contributed by atoms with van der Waals surface area (Å²) in [5.74, 6) is -1.37. The topological polar surface area (TPSA) is 92.3 Å². The number of amides is 1. The number of Topliss-reactive ketones (excluding diaryl/α,β-unsaturated/α-hetero) is 1. The molecule has 0 aliphatic rings. The van der Waals surface area contributed by atoms with Crippen LogP contribution in [-0.4, -0.2) is 25.9 Å². The highest BCUT2D eigenvalue weighted by Crippen LogP contribution is 2.26. The van der Waals surface area contributed by atoms with Crippen LogP contribution in [0.5, 0.6) is 0 Å². The Morgan fingerprint density at radius 3 is 2.23 bits per heavy atom. The van der Waals surface area contributed by atoms with Crippen molar-refractivity contribution in [2.24, 2.45) is 0 Å². The van der Waals surface area contributed by atoms with Crippen molar-refractivity contribution in [2.75, 3.05) is 15.8 Å². The van der Waals surface area contributed by atoms with Gasteiger partial charge in [-0.1, -0.05) is 36.4 Å². The van der Waals surface area contributed by atoms with Crippen molar-refractivity contribution in [3.8, 4) is 0 Å². The first-order valence-electron chi connectivity index (χ1n) is 9.16. The Labute approximate surface area is 183 Å².